The lowest BCUT2D eigenvalue weighted by molar-refractivity contribution is -0.141. The molecule has 0 radical (unpaired) electrons. The topological polar surface area (TPSA) is 43.8 Å². The molecule has 0 amide bonds. The van der Waals surface area contributed by atoms with E-state index >= 15 is 0 Å². The van der Waals surface area contributed by atoms with Gasteiger partial charge in [0.15, 0.2) is 0 Å². The number of carbonyl (C=O) groups is 1. The third-order valence-electron chi connectivity index (χ3n) is 4.01. The number of aliphatic carboxylic acids is 1. The highest BCUT2D eigenvalue weighted by atomic mass is 16.4. The van der Waals surface area contributed by atoms with E-state index in [2.05, 4.69) is 16.7 Å². The van der Waals surface area contributed by atoms with E-state index < -0.39 is 5.97 Å². The molecule has 0 aromatic carbocycles. The number of likely N-dealkylation sites (tertiary alicyclic amines) is 2. The van der Waals surface area contributed by atoms with Crippen LogP contribution in [0.5, 0.6) is 0 Å². The van der Waals surface area contributed by atoms with Crippen molar-refractivity contribution in [3.63, 3.8) is 0 Å². The zero-order valence-corrected chi connectivity index (χ0v) is 10.1. The minimum atomic E-state index is -0.620. The summed E-state index contributed by atoms with van der Waals surface area (Å²) in [5.74, 6) is -0.748. The average molecular weight is 226 g/mol. The first-order chi connectivity index (χ1) is 7.70. The van der Waals surface area contributed by atoms with Crippen LogP contribution in [0, 0.1) is 5.92 Å². The molecule has 2 heterocycles. The van der Waals surface area contributed by atoms with E-state index in [1.165, 1.54) is 19.4 Å². The van der Waals surface area contributed by atoms with Crippen LogP contribution in [-0.4, -0.2) is 59.6 Å². The molecule has 2 fully saturated rings. The predicted octanol–water partition coefficient (Wildman–Crippen LogP) is 0.877. The highest BCUT2D eigenvalue weighted by molar-refractivity contribution is 5.70. The maximum atomic E-state index is 10.9. The number of likely N-dealkylation sites (N-methyl/N-ethyl adjacent to an activating group) is 1. The Hall–Kier alpha value is -0.610. The molecule has 0 spiro atoms. The van der Waals surface area contributed by atoms with Crippen LogP contribution >= 0.6 is 0 Å². The fourth-order valence-corrected chi connectivity index (χ4v) is 2.94. The van der Waals surface area contributed by atoms with Crippen molar-refractivity contribution in [3.8, 4) is 0 Å². The average Bonchev–Trinajstić information content (AvgIpc) is 2.78. The Labute approximate surface area is 97.2 Å². The Bertz CT molecular complexity index is 257. The molecule has 2 aliphatic heterocycles. The largest absolute Gasteiger partial charge is 0.481 e. The Morgan fingerprint density at radius 3 is 2.75 bits per heavy atom. The molecule has 0 aromatic rings. The first-order valence-corrected chi connectivity index (χ1v) is 6.40. The quantitative estimate of drug-likeness (QED) is 0.776. The van der Waals surface area contributed by atoms with Gasteiger partial charge in [-0.05, 0) is 38.9 Å². The van der Waals surface area contributed by atoms with Crippen molar-refractivity contribution in [2.45, 2.75) is 32.2 Å². The minimum absolute atomic E-state index is 0.128. The Morgan fingerprint density at radius 1 is 1.31 bits per heavy atom. The summed E-state index contributed by atoms with van der Waals surface area (Å²) < 4.78 is 0. The maximum absolute atomic E-state index is 10.9. The van der Waals surface area contributed by atoms with Gasteiger partial charge in [0.1, 0.15) is 0 Å². The molecule has 16 heavy (non-hydrogen) atoms. The molecule has 92 valence electrons. The van der Waals surface area contributed by atoms with E-state index in [9.17, 15) is 4.79 Å². The van der Waals surface area contributed by atoms with Crippen LogP contribution < -0.4 is 0 Å². The van der Waals surface area contributed by atoms with Gasteiger partial charge in [0.2, 0.25) is 0 Å². The smallest absolute Gasteiger partial charge is 0.307 e. The van der Waals surface area contributed by atoms with Crippen molar-refractivity contribution in [1.82, 2.24) is 9.80 Å². The van der Waals surface area contributed by atoms with Gasteiger partial charge in [-0.15, -0.1) is 0 Å². The second kappa shape index (κ2) is 5.15. The van der Waals surface area contributed by atoms with E-state index in [0.29, 0.717) is 6.04 Å². The molecule has 4 nitrogen and oxygen atoms in total. The van der Waals surface area contributed by atoms with Gasteiger partial charge in [0.05, 0.1) is 5.92 Å². The summed E-state index contributed by atoms with van der Waals surface area (Å²) in [4.78, 5) is 15.8. The second-order valence-corrected chi connectivity index (χ2v) is 5.01. The Morgan fingerprint density at radius 2 is 2.12 bits per heavy atom. The van der Waals surface area contributed by atoms with Crippen LogP contribution in [0.15, 0.2) is 0 Å². The fourth-order valence-electron chi connectivity index (χ4n) is 2.94. The summed E-state index contributed by atoms with van der Waals surface area (Å²) in [5, 5.41) is 8.99. The van der Waals surface area contributed by atoms with Gasteiger partial charge >= 0.3 is 5.97 Å². The molecule has 2 aliphatic rings. The molecule has 1 N–H and O–H groups in total. The fraction of sp³-hybridized carbons (Fsp3) is 0.917. The SMILES string of the molecule is CCN1CCCC(N2CCC(C(=O)O)C2)C1. The van der Waals surface area contributed by atoms with Gasteiger partial charge in [-0.2, -0.15) is 0 Å². The van der Waals surface area contributed by atoms with E-state index in [4.69, 9.17) is 5.11 Å². The third kappa shape index (κ3) is 2.55. The van der Waals surface area contributed by atoms with Gasteiger partial charge in [-0.1, -0.05) is 6.92 Å². The van der Waals surface area contributed by atoms with Crippen molar-refractivity contribution in [1.29, 1.82) is 0 Å². The molecule has 0 saturated carbocycles. The summed E-state index contributed by atoms with van der Waals surface area (Å²) in [6.45, 7) is 7.39. The lowest BCUT2D eigenvalue weighted by Gasteiger charge is -2.37. The molecule has 2 unspecified atom stereocenters. The first kappa shape index (κ1) is 11.9. The summed E-state index contributed by atoms with van der Waals surface area (Å²) in [6, 6.07) is 0.595. The van der Waals surface area contributed by atoms with E-state index in [0.717, 1.165) is 32.6 Å². The summed E-state index contributed by atoms with van der Waals surface area (Å²) in [7, 11) is 0. The molecular weight excluding hydrogens is 204 g/mol. The normalized spacial score (nSPS) is 33.1. The molecular formula is C12H22N2O2. The molecule has 0 aromatic heterocycles. The zero-order chi connectivity index (χ0) is 11.5. The van der Waals surface area contributed by atoms with Gasteiger partial charge in [0, 0.05) is 19.1 Å². The number of carboxylic acid groups (broad SMARTS) is 1. The monoisotopic (exact) mass is 226 g/mol. The number of carboxylic acids is 1. The predicted molar refractivity (Wildman–Crippen MR) is 62.5 cm³/mol. The first-order valence-electron chi connectivity index (χ1n) is 6.40. The highest BCUT2D eigenvalue weighted by Crippen LogP contribution is 2.23. The van der Waals surface area contributed by atoms with Gasteiger partial charge < -0.3 is 10.0 Å². The van der Waals surface area contributed by atoms with Crippen LogP contribution in [0.2, 0.25) is 0 Å². The molecule has 2 rings (SSSR count). The third-order valence-corrected chi connectivity index (χ3v) is 4.01. The number of hydrogen-bond acceptors (Lipinski definition) is 3. The van der Waals surface area contributed by atoms with Gasteiger partial charge in [-0.25, -0.2) is 0 Å². The van der Waals surface area contributed by atoms with Crippen molar-refractivity contribution in [2.75, 3.05) is 32.7 Å². The van der Waals surface area contributed by atoms with Crippen LogP contribution in [0.3, 0.4) is 0 Å². The van der Waals surface area contributed by atoms with Crippen LogP contribution in [0.4, 0.5) is 0 Å². The van der Waals surface area contributed by atoms with Gasteiger partial charge in [0.25, 0.3) is 0 Å². The van der Waals surface area contributed by atoms with Gasteiger partial charge in [-0.3, -0.25) is 9.69 Å². The van der Waals surface area contributed by atoms with Crippen LogP contribution in [0.1, 0.15) is 26.2 Å². The molecule has 0 aliphatic carbocycles. The summed E-state index contributed by atoms with van der Waals surface area (Å²) in [6.07, 6.45) is 3.33. The molecule has 0 bridgehead atoms. The van der Waals surface area contributed by atoms with Crippen molar-refractivity contribution in [2.24, 2.45) is 5.92 Å². The van der Waals surface area contributed by atoms with Crippen LogP contribution in [-0.2, 0) is 4.79 Å². The van der Waals surface area contributed by atoms with E-state index in [-0.39, 0.29) is 5.92 Å². The molecule has 4 heteroatoms. The number of rotatable bonds is 3. The van der Waals surface area contributed by atoms with Crippen LogP contribution in [0.25, 0.3) is 0 Å². The van der Waals surface area contributed by atoms with Crippen molar-refractivity contribution in [3.05, 3.63) is 0 Å². The van der Waals surface area contributed by atoms with E-state index in [1.54, 1.807) is 0 Å². The second-order valence-electron chi connectivity index (χ2n) is 5.01. The van der Waals surface area contributed by atoms with Crippen molar-refractivity contribution >= 4 is 5.97 Å². The molecule has 2 saturated heterocycles. The summed E-state index contributed by atoms with van der Waals surface area (Å²) in [5.41, 5.74) is 0. The zero-order valence-electron chi connectivity index (χ0n) is 10.1. The lowest BCUT2D eigenvalue weighted by atomic mass is 10.0. The highest BCUT2D eigenvalue weighted by Gasteiger charge is 2.33. The Kier molecular flexibility index (Phi) is 3.82. The van der Waals surface area contributed by atoms with E-state index in [1.807, 2.05) is 0 Å². The number of piperidine rings is 1. The molecule has 2 atom stereocenters. The number of hydrogen-bond donors (Lipinski definition) is 1. The maximum Gasteiger partial charge on any atom is 0.307 e. The minimum Gasteiger partial charge on any atom is -0.481 e. The standard InChI is InChI=1S/C12H22N2O2/c1-2-13-6-3-4-11(9-13)14-7-5-10(8-14)12(15)16/h10-11H,2-9H2,1H3,(H,15,16). The lowest BCUT2D eigenvalue weighted by Crippen LogP contribution is -2.47. The number of nitrogens with zero attached hydrogens (tertiary/aromatic N) is 2. The Balaban J connectivity index is 1.86. The van der Waals surface area contributed by atoms with Crippen molar-refractivity contribution < 1.29 is 9.90 Å². The summed E-state index contributed by atoms with van der Waals surface area (Å²) >= 11 is 0.